The summed E-state index contributed by atoms with van der Waals surface area (Å²) in [6.07, 6.45) is 0. The summed E-state index contributed by atoms with van der Waals surface area (Å²) in [6.45, 7) is 3.72. The van der Waals surface area contributed by atoms with Gasteiger partial charge in [0.1, 0.15) is 11.6 Å². The highest BCUT2D eigenvalue weighted by Gasteiger charge is 2.13. The van der Waals surface area contributed by atoms with Gasteiger partial charge in [-0.3, -0.25) is 0 Å². The van der Waals surface area contributed by atoms with Gasteiger partial charge in [0, 0.05) is 11.1 Å². The summed E-state index contributed by atoms with van der Waals surface area (Å²) in [5, 5.41) is 12.6. The van der Waals surface area contributed by atoms with E-state index in [9.17, 15) is 4.39 Å². The number of rotatable bonds is 2. The molecule has 2 aromatic carbocycles. The van der Waals surface area contributed by atoms with Crippen molar-refractivity contribution >= 4 is 28.2 Å². The fraction of sp³-hybridized carbons (Fsp3) is 0.118. The van der Waals surface area contributed by atoms with Gasteiger partial charge in [-0.15, -0.1) is 10.2 Å². The molecule has 0 unspecified atom stereocenters. The number of nitrogens with zero attached hydrogens (tertiary/aromatic N) is 4. The first-order valence-corrected chi connectivity index (χ1v) is 7.27. The molecule has 0 saturated carbocycles. The minimum atomic E-state index is -0.259. The molecular weight excluding hydrogens is 293 g/mol. The van der Waals surface area contributed by atoms with Crippen LogP contribution in [0.4, 0.5) is 16.0 Å². The Balaban J connectivity index is 1.95. The molecule has 0 aliphatic carbocycles. The van der Waals surface area contributed by atoms with Crippen LogP contribution in [0.2, 0.25) is 0 Å². The first-order chi connectivity index (χ1) is 11.1. The van der Waals surface area contributed by atoms with Gasteiger partial charge in [0.2, 0.25) is 5.95 Å². The topological polar surface area (TPSA) is 55.1 Å². The summed E-state index contributed by atoms with van der Waals surface area (Å²) < 4.78 is 15.2. The molecule has 2 heterocycles. The lowest BCUT2D eigenvalue weighted by atomic mass is 10.2. The Morgan fingerprint density at radius 2 is 1.87 bits per heavy atom. The SMILES string of the molecule is Cc1cc(F)ccc1Nc1nc2ccccc2c2nnc(C)n12. The first-order valence-electron chi connectivity index (χ1n) is 7.27. The Morgan fingerprint density at radius 1 is 1.04 bits per heavy atom. The molecule has 0 bridgehead atoms. The number of hydrogen-bond acceptors (Lipinski definition) is 4. The third kappa shape index (κ3) is 2.19. The standard InChI is InChI=1S/C17H14FN5/c1-10-9-12(18)7-8-14(10)19-17-20-15-6-4-3-5-13(15)16-22-21-11(2)23(16)17/h3-9H,1-2H3,(H,19,20). The van der Waals surface area contributed by atoms with Crippen molar-refractivity contribution in [2.24, 2.45) is 0 Å². The van der Waals surface area contributed by atoms with Crippen molar-refractivity contribution in [1.29, 1.82) is 0 Å². The van der Waals surface area contributed by atoms with Crippen molar-refractivity contribution in [1.82, 2.24) is 19.6 Å². The first kappa shape index (κ1) is 13.6. The number of hydrogen-bond donors (Lipinski definition) is 1. The molecule has 114 valence electrons. The number of aryl methyl sites for hydroxylation is 2. The normalized spacial score (nSPS) is 11.3. The molecule has 6 heteroatoms. The number of anilines is 2. The van der Waals surface area contributed by atoms with Gasteiger partial charge in [0.15, 0.2) is 5.65 Å². The maximum absolute atomic E-state index is 13.3. The Morgan fingerprint density at radius 3 is 2.70 bits per heavy atom. The van der Waals surface area contributed by atoms with Crippen LogP contribution in [-0.2, 0) is 0 Å². The van der Waals surface area contributed by atoms with E-state index in [1.54, 1.807) is 6.07 Å². The molecule has 2 aromatic heterocycles. The maximum atomic E-state index is 13.3. The van der Waals surface area contributed by atoms with Crippen molar-refractivity contribution in [2.75, 3.05) is 5.32 Å². The zero-order valence-corrected chi connectivity index (χ0v) is 12.7. The molecule has 4 rings (SSSR count). The van der Waals surface area contributed by atoms with Crippen LogP contribution in [0.1, 0.15) is 11.4 Å². The molecule has 0 amide bonds. The van der Waals surface area contributed by atoms with Crippen LogP contribution >= 0.6 is 0 Å². The molecule has 0 spiro atoms. The van der Waals surface area contributed by atoms with Crippen LogP contribution in [0.15, 0.2) is 42.5 Å². The molecule has 0 aliphatic heterocycles. The second-order valence-corrected chi connectivity index (χ2v) is 5.44. The monoisotopic (exact) mass is 307 g/mol. The average molecular weight is 307 g/mol. The van der Waals surface area contributed by atoms with Gasteiger partial charge in [-0.25, -0.2) is 13.8 Å². The zero-order chi connectivity index (χ0) is 16.0. The van der Waals surface area contributed by atoms with Crippen LogP contribution in [0.5, 0.6) is 0 Å². The minimum Gasteiger partial charge on any atom is -0.325 e. The van der Waals surface area contributed by atoms with Crippen LogP contribution < -0.4 is 5.32 Å². The van der Waals surface area contributed by atoms with E-state index < -0.39 is 0 Å². The van der Waals surface area contributed by atoms with Crippen molar-refractivity contribution in [3.8, 4) is 0 Å². The van der Waals surface area contributed by atoms with E-state index >= 15 is 0 Å². The largest absolute Gasteiger partial charge is 0.325 e. The molecule has 1 N–H and O–H groups in total. The van der Waals surface area contributed by atoms with E-state index in [-0.39, 0.29) is 5.82 Å². The lowest BCUT2D eigenvalue weighted by Crippen LogP contribution is -2.05. The van der Waals surface area contributed by atoms with E-state index in [4.69, 9.17) is 0 Å². The maximum Gasteiger partial charge on any atom is 0.215 e. The van der Waals surface area contributed by atoms with Gasteiger partial charge >= 0.3 is 0 Å². The van der Waals surface area contributed by atoms with Gasteiger partial charge in [0.25, 0.3) is 0 Å². The lowest BCUT2D eigenvalue weighted by Gasteiger charge is -2.12. The summed E-state index contributed by atoms with van der Waals surface area (Å²) in [5.74, 6) is 1.08. The number of fused-ring (bicyclic) bond motifs is 3. The molecule has 0 fully saturated rings. The highest BCUT2D eigenvalue weighted by atomic mass is 19.1. The number of halogens is 1. The van der Waals surface area contributed by atoms with E-state index in [0.29, 0.717) is 5.95 Å². The van der Waals surface area contributed by atoms with Gasteiger partial charge in [-0.05, 0) is 49.7 Å². The number of para-hydroxylation sites is 1. The molecule has 5 nitrogen and oxygen atoms in total. The lowest BCUT2D eigenvalue weighted by molar-refractivity contribution is 0.627. The molecule has 4 aromatic rings. The van der Waals surface area contributed by atoms with Crippen LogP contribution in [0.25, 0.3) is 16.6 Å². The zero-order valence-electron chi connectivity index (χ0n) is 12.7. The fourth-order valence-electron chi connectivity index (χ4n) is 2.69. The molecule has 0 atom stereocenters. The van der Waals surface area contributed by atoms with Gasteiger partial charge in [-0.1, -0.05) is 12.1 Å². The summed E-state index contributed by atoms with van der Waals surface area (Å²) >= 11 is 0. The quantitative estimate of drug-likeness (QED) is 0.612. The number of nitrogens with one attached hydrogen (secondary N) is 1. The van der Waals surface area contributed by atoms with Crippen molar-refractivity contribution in [2.45, 2.75) is 13.8 Å². The Labute approximate surface area is 131 Å². The third-order valence-electron chi connectivity index (χ3n) is 3.84. The highest BCUT2D eigenvalue weighted by molar-refractivity contribution is 5.92. The smallest absolute Gasteiger partial charge is 0.215 e. The van der Waals surface area contributed by atoms with Crippen LogP contribution in [0.3, 0.4) is 0 Å². The summed E-state index contributed by atoms with van der Waals surface area (Å²) in [5.41, 5.74) is 3.17. The minimum absolute atomic E-state index is 0.259. The number of benzene rings is 2. The van der Waals surface area contributed by atoms with E-state index in [0.717, 1.165) is 33.6 Å². The van der Waals surface area contributed by atoms with Crippen molar-refractivity contribution in [3.05, 3.63) is 59.7 Å². The van der Waals surface area contributed by atoms with E-state index in [1.807, 2.05) is 42.5 Å². The second-order valence-electron chi connectivity index (χ2n) is 5.44. The van der Waals surface area contributed by atoms with Crippen LogP contribution in [0, 0.1) is 19.7 Å². The Hall–Kier alpha value is -3.02. The third-order valence-corrected chi connectivity index (χ3v) is 3.84. The summed E-state index contributed by atoms with van der Waals surface area (Å²) in [4.78, 5) is 4.67. The molecule has 0 radical (unpaired) electrons. The van der Waals surface area contributed by atoms with Crippen molar-refractivity contribution < 1.29 is 4.39 Å². The molecule has 0 aliphatic rings. The molecule has 23 heavy (non-hydrogen) atoms. The van der Waals surface area contributed by atoms with Crippen molar-refractivity contribution in [3.63, 3.8) is 0 Å². The fourth-order valence-corrected chi connectivity index (χ4v) is 2.69. The predicted molar refractivity (Wildman–Crippen MR) is 87.4 cm³/mol. The van der Waals surface area contributed by atoms with E-state index in [1.165, 1.54) is 12.1 Å². The predicted octanol–water partition coefficient (Wildman–Crippen LogP) is 3.78. The average Bonchev–Trinajstić information content (AvgIpc) is 2.93. The van der Waals surface area contributed by atoms with Gasteiger partial charge in [-0.2, -0.15) is 0 Å². The molecular formula is C17H14FN5. The Kier molecular flexibility index (Phi) is 2.97. The van der Waals surface area contributed by atoms with Crippen LogP contribution in [-0.4, -0.2) is 19.6 Å². The van der Waals surface area contributed by atoms with Gasteiger partial charge in [0.05, 0.1) is 5.52 Å². The van der Waals surface area contributed by atoms with E-state index in [2.05, 4.69) is 20.5 Å². The summed E-state index contributed by atoms with van der Waals surface area (Å²) in [7, 11) is 0. The van der Waals surface area contributed by atoms with Gasteiger partial charge < -0.3 is 5.32 Å². The summed E-state index contributed by atoms with van der Waals surface area (Å²) in [6, 6.07) is 12.4. The Bertz CT molecular complexity index is 1040. The number of aromatic nitrogens is 4. The highest BCUT2D eigenvalue weighted by Crippen LogP contribution is 2.25. The molecule has 0 saturated heterocycles. The second kappa shape index (κ2) is 5.01.